The van der Waals surface area contributed by atoms with E-state index in [1.54, 1.807) is 12.1 Å². The molecule has 42 heavy (non-hydrogen) atoms. The highest BCUT2D eigenvalue weighted by Gasteiger charge is 2.56. The maximum Gasteiger partial charge on any atom is 0.475 e. The van der Waals surface area contributed by atoms with Crippen molar-refractivity contribution in [3.63, 3.8) is 0 Å². The number of anilines is 1. The van der Waals surface area contributed by atoms with Gasteiger partial charge >= 0.3 is 19.8 Å². The Kier molecular flexibility index (Phi) is 8.49. The van der Waals surface area contributed by atoms with Crippen molar-refractivity contribution in [1.29, 1.82) is 0 Å². The van der Waals surface area contributed by atoms with E-state index in [-0.39, 0.29) is 35.8 Å². The number of aliphatic carboxylic acids is 1. The lowest BCUT2D eigenvalue weighted by molar-refractivity contribution is -0.160. The number of aromatic hydroxyl groups is 1. The number of nitrogens with two attached hydrogens (primary N) is 2. The fraction of sp³-hybridized carbons (Fsp3) is 0.417. The summed E-state index contributed by atoms with van der Waals surface area (Å²) in [6.45, 7) is -1.03. The quantitative estimate of drug-likeness (QED) is 0.171. The van der Waals surface area contributed by atoms with Crippen LogP contribution in [0.5, 0.6) is 5.75 Å². The van der Waals surface area contributed by atoms with Crippen molar-refractivity contribution in [3.8, 4) is 5.75 Å². The third-order valence-corrected chi connectivity index (χ3v) is 7.99. The molecule has 6 atom stereocenters. The predicted octanol–water partition coefficient (Wildman–Crippen LogP) is 0.467. The first-order valence-electron chi connectivity index (χ1n) is 12.7. The Morgan fingerprint density at radius 3 is 2.67 bits per heavy atom. The van der Waals surface area contributed by atoms with E-state index in [0.717, 1.165) is 0 Å². The molecule has 3 aromatic rings. The van der Waals surface area contributed by atoms with E-state index in [1.807, 2.05) is 0 Å². The molecule has 224 valence electrons. The van der Waals surface area contributed by atoms with E-state index in [2.05, 4.69) is 15.0 Å². The van der Waals surface area contributed by atoms with Crippen LogP contribution in [0.15, 0.2) is 36.9 Å². The number of benzene rings is 1. The van der Waals surface area contributed by atoms with Crippen LogP contribution in [-0.4, -0.2) is 85.0 Å². The second-order valence-corrected chi connectivity index (χ2v) is 11.1. The third kappa shape index (κ3) is 6.41. The number of ether oxygens (including phenoxy) is 2. The van der Waals surface area contributed by atoms with Crippen LogP contribution in [0.25, 0.3) is 11.2 Å². The van der Waals surface area contributed by atoms with E-state index >= 15 is 0 Å². The van der Waals surface area contributed by atoms with Crippen molar-refractivity contribution in [1.82, 2.24) is 19.5 Å². The normalized spacial score (nSPS) is 26.0. The van der Waals surface area contributed by atoms with E-state index in [0.29, 0.717) is 5.56 Å². The first-order chi connectivity index (χ1) is 20.0. The Bertz CT molecular complexity index is 1530. The Hall–Kier alpha value is -3.99. The van der Waals surface area contributed by atoms with E-state index in [9.17, 15) is 24.1 Å². The number of phosphoric acid groups is 1. The second kappa shape index (κ2) is 12.1. The van der Waals surface area contributed by atoms with Gasteiger partial charge in [0.15, 0.2) is 29.6 Å². The van der Waals surface area contributed by atoms with Crippen LogP contribution in [0.3, 0.4) is 0 Å². The summed E-state index contributed by atoms with van der Waals surface area (Å²) in [5, 5.41) is 18.4. The summed E-state index contributed by atoms with van der Waals surface area (Å²) in [7, 11) is -4.38. The minimum atomic E-state index is -4.38. The molecule has 4 heterocycles. The topological polar surface area (TPSA) is 251 Å². The zero-order valence-corrected chi connectivity index (χ0v) is 22.7. The maximum absolute atomic E-state index is 13.4. The number of phenolic OH excluding ortho intramolecular Hbond substituents is 1. The monoisotopic (exact) mass is 606 g/mol. The van der Waals surface area contributed by atoms with E-state index in [1.165, 1.54) is 29.4 Å². The van der Waals surface area contributed by atoms with Crippen LogP contribution >= 0.6 is 7.82 Å². The number of imidazole rings is 1. The van der Waals surface area contributed by atoms with Crippen LogP contribution in [0.1, 0.15) is 24.6 Å². The van der Waals surface area contributed by atoms with Gasteiger partial charge in [0.2, 0.25) is 0 Å². The molecular formula is C24H27N6O11P. The van der Waals surface area contributed by atoms with Crippen molar-refractivity contribution in [2.45, 2.75) is 49.8 Å². The fourth-order valence-electron chi connectivity index (χ4n) is 4.46. The molecule has 2 saturated heterocycles. The number of phosphoric ester groups is 1. The number of carboxylic acid groups (broad SMARTS) is 1. The molecule has 0 bridgehead atoms. The van der Waals surface area contributed by atoms with Gasteiger partial charge in [-0.15, -0.1) is 0 Å². The highest BCUT2D eigenvalue weighted by atomic mass is 31.2. The van der Waals surface area contributed by atoms with Gasteiger partial charge in [0, 0.05) is 0 Å². The summed E-state index contributed by atoms with van der Waals surface area (Å²) in [6.07, 6.45) is -2.78. The van der Waals surface area contributed by atoms with Gasteiger partial charge in [0.05, 0.1) is 31.8 Å². The van der Waals surface area contributed by atoms with Crippen molar-refractivity contribution >= 4 is 42.5 Å². The highest BCUT2D eigenvalue weighted by Crippen LogP contribution is 2.57. The minimum Gasteiger partial charge on any atom is -0.508 e. The number of phenols is 1. The number of rotatable bonds is 11. The number of nitrogen functional groups attached to an aromatic ring is 1. The molecule has 2 aliphatic heterocycles. The molecule has 0 radical (unpaired) electrons. The number of fused-ring (bicyclic) bond motifs is 2. The number of carbonyl (C=O) groups is 3. The van der Waals surface area contributed by atoms with E-state index < -0.39 is 75.6 Å². The van der Waals surface area contributed by atoms with Gasteiger partial charge < -0.3 is 31.2 Å². The summed E-state index contributed by atoms with van der Waals surface area (Å²) in [5.74, 6) is -2.52. The summed E-state index contributed by atoms with van der Waals surface area (Å²) < 4.78 is 42.6. The average molecular weight is 606 g/mol. The number of hydrogen-bond donors (Lipinski definition) is 4. The standard InChI is InChI=1S/C24H27N6O11P/c25-14(7-12-1-3-13(31)4-2-12)15(32)8-37-42(36)38-9-16-20(41-42)21(40-18(35)6-5-17(33)34)24(39-16)30-11-29-19-22(26)27-10-28-23(19)30/h1-4,10-11,14,16,20-21,24,31H,5-9,25H2,(H,33,34)(H2,26,27,28)/t14-,16+,20+,21+,24+,42+/m0/s1. The molecule has 5 rings (SSSR count). The zero-order chi connectivity index (χ0) is 30.0. The molecule has 0 amide bonds. The van der Waals surface area contributed by atoms with Crippen LogP contribution in [0.4, 0.5) is 5.82 Å². The molecule has 2 fully saturated rings. The van der Waals surface area contributed by atoms with Gasteiger partial charge in [-0.1, -0.05) is 12.1 Å². The highest BCUT2D eigenvalue weighted by molar-refractivity contribution is 7.48. The molecule has 2 aliphatic rings. The first-order valence-corrected chi connectivity index (χ1v) is 14.1. The number of carbonyl (C=O) groups excluding carboxylic acids is 2. The number of carboxylic acids is 1. The van der Waals surface area contributed by atoms with Crippen molar-refractivity contribution in [3.05, 3.63) is 42.5 Å². The molecule has 1 aromatic carbocycles. The van der Waals surface area contributed by atoms with Crippen molar-refractivity contribution in [2.24, 2.45) is 5.73 Å². The fourth-order valence-corrected chi connectivity index (χ4v) is 5.82. The molecule has 17 nitrogen and oxygen atoms in total. The molecule has 2 aromatic heterocycles. The van der Waals surface area contributed by atoms with Crippen LogP contribution in [0.2, 0.25) is 0 Å². The summed E-state index contributed by atoms with van der Waals surface area (Å²) in [4.78, 5) is 48.4. The van der Waals surface area contributed by atoms with Crippen LogP contribution in [0, 0.1) is 0 Å². The Morgan fingerprint density at radius 2 is 1.93 bits per heavy atom. The number of Topliss-reactive ketones (excluding diaryl/α,β-unsaturated/α-hetero) is 1. The largest absolute Gasteiger partial charge is 0.508 e. The van der Waals surface area contributed by atoms with Crippen molar-refractivity contribution in [2.75, 3.05) is 18.9 Å². The SMILES string of the molecule is Nc1ncnc2c1ncn2[C@@H]1O[C@@H]2CO[P@@](=O)(OCC(=O)[C@@H](N)Cc3ccc(O)cc3)O[C@H]2[C@H]1OC(=O)CCC(=O)O. The minimum absolute atomic E-state index is 0.0626. The number of esters is 1. The number of hydrogen-bond acceptors (Lipinski definition) is 15. The Morgan fingerprint density at radius 1 is 1.17 bits per heavy atom. The van der Waals surface area contributed by atoms with Gasteiger partial charge in [0.1, 0.15) is 36.4 Å². The van der Waals surface area contributed by atoms with E-state index in [4.69, 9.17) is 39.6 Å². The predicted molar refractivity (Wildman–Crippen MR) is 140 cm³/mol. The zero-order valence-electron chi connectivity index (χ0n) is 21.8. The van der Waals surface area contributed by atoms with Crippen molar-refractivity contribution < 1.29 is 52.2 Å². The summed E-state index contributed by atoms with van der Waals surface area (Å²) in [5.41, 5.74) is 13.0. The lowest BCUT2D eigenvalue weighted by Crippen LogP contribution is -2.42. The van der Waals surface area contributed by atoms with Gasteiger partial charge in [0.25, 0.3) is 0 Å². The molecule has 0 aliphatic carbocycles. The lowest BCUT2D eigenvalue weighted by Gasteiger charge is -2.31. The molecule has 18 heteroatoms. The van der Waals surface area contributed by atoms with Gasteiger partial charge in [-0.2, -0.15) is 0 Å². The van der Waals surface area contributed by atoms with Crippen LogP contribution < -0.4 is 11.5 Å². The van der Waals surface area contributed by atoms with Gasteiger partial charge in [-0.05, 0) is 24.1 Å². The second-order valence-electron chi connectivity index (χ2n) is 9.53. The maximum atomic E-state index is 13.4. The molecular weight excluding hydrogens is 579 g/mol. The molecule has 6 N–H and O–H groups in total. The molecule has 0 saturated carbocycles. The Balaban J connectivity index is 1.31. The number of ketones is 1. The van der Waals surface area contributed by atoms with Crippen LogP contribution in [-0.2, 0) is 48.4 Å². The van der Waals surface area contributed by atoms with Gasteiger partial charge in [-0.25, -0.2) is 19.5 Å². The number of aromatic nitrogens is 4. The van der Waals surface area contributed by atoms with Gasteiger partial charge in [-0.3, -0.25) is 32.5 Å². The summed E-state index contributed by atoms with van der Waals surface area (Å²) in [6, 6.07) is 5.12. The molecule has 0 unspecified atom stereocenters. The smallest absolute Gasteiger partial charge is 0.475 e. The summed E-state index contributed by atoms with van der Waals surface area (Å²) >= 11 is 0. The Labute approximate surface area is 237 Å². The lowest BCUT2D eigenvalue weighted by atomic mass is 10.0. The number of nitrogens with zero attached hydrogens (tertiary/aromatic N) is 4. The average Bonchev–Trinajstić information content (AvgIpc) is 3.54. The first kappa shape index (κ1) is 29.5. The third-order valence-electron chi connectivity index (χ3n) is 6.58. The molecule has 0 spiro atoms.